The molecule has 2 aromatic rings. The Hall–Kier alpha value is -1.75. The lowest BCUT2D eigenvalue weighted by Gasteiger charge is -2.22. The Morgan fingerprint density at radius 2 is 1.95 bits per heavy atom. The Morgan fingerprint density at radius 3 is 2.57 bits per heavy atom. The van der Waals surface area contributed by atoms with Gasteiger partial charge in [-0.1, -0.05) is 11.2 Å². The maximum atomic E-state index is 5.74. The summed E-state index contributed by atoms with van der Waals surface area (Å²) in [5.41, 5.74) is 0.514. The van der Waals surface area contributed by atoms with Gasteiger partial charge in [0.1, 0.15) is 5.60 Å². The van der Waals surface area contributed by atoms with Crippen molar-refractivity contribution in [2.45, 2.75) is 49.5 Å². The average molecular weight is 285 g/mol. The summed E-state index contributed by atoms with van der Waals surface area (Å²) < 4.78 is 11.3. The van der Waals surface area contributed by atoms with Gasteiger partial charge in [-0.2, -0.15) is 4.98 Å². The first-order valence-corrected chi connectivity index (χ1v) is 7.60. The second kappa shape index (κ2) is 4.63. The van der Waals surface area contributed by atoms with Gasteiger partial charge in [0.25, 0.3) is 0 Å². The molecule has 2 aliphatic carbocycles. The third-order valence-corrected chi connectivity index (χ3v) is 4.95. The molecule has 4 rings (SSSR count). The molecule has 0 saturated heterocycles. The molecule has 5 nitrogen and oxygen atoms in total. The van der Waals surface area contributed by atoms with Crippen LogP contribution < -0.4 is 0 Å². The first-order valence-electron chi connectivity index (χ1n) is 7.60. The van der Waals surface area contributed by atoms with Gasteiger partial charge in [-0.3, -0.25) is 4.98 Å². The van der Waals surface area contributed by atoms with E-state index in [1.54, 1.807) is 7.11 Å². The quantitative estimate of drug-likeness (QED) is 0.864. The Kier molecular flexibility index (Phi) is 2.85. The molecule has 2 fully saturated rings. The first kappa shape index (κ1) is 13.0. The smallest absolute Gasteiger partial charge is 0.239 e. The average Bonchev–Trinajstić information content (AvgIpc) is 2.99. The van der Waals surface area contributed by atoms with E-state index in [-0.39, 0.29) is 11.0 Å². The van der Waals surface area contributed by atoms with Crippen LogP contribution in [0.1, 0.15) is 55.9 Å². The lowest BCUT2D eigenvalue weighted by atomic mass is 10.00. The molecule has 0 radical (unpaired) electrons. The highest BCUT2D eigenvalue weighted by Crippen LogP contribution is 2.52. The van der Waals surface area contributed by atoms with Gasteiger partial charge in [0.15, 0.2) is 0 Å². The second-order valence-corrected chi connectivity index (χ2v) is 6.13. The third-order valence-electron chi connectivity index (χ3n) is 4.95. The predicted molar refractivity (Wildman–Crippen MR) is 75.7 cm³/mol. The summed E-state index contributed by atoms with van der Waals surface area (Å²) in [6, 6.07) is 5.98. The van der Waals surface area contributed by atoms with Crippen LogP contribution in [0.5, 0.6) is 0 Å². The summed E-state index contributed by atoms with van der Waals surface area (Å²) in [6.07, 6.45) is 8.11. The molecule has 0 aliphatic heterocycles. The summed E-state index contributed by atoms with van der Waals surface area (Å²) in [7, 11) is 1.74. The summed E-state index contributed by atoms with van der Waals surface area (Å²) in [5.74, 6) is 1.40. The SMILES string of the molecule is COC1(c2noc(C3(c4ccccn4)CC3)n2)CCCC1. The van der Waals surface area contributed by atoms with Crippen molar-refractivity contribution in [3.05, 3.63) is 41.8 Å². The largest absolute Gasteiger partial charge is 0.370 e. The van der Waals surface area contributed by atoms with Crippen molar-refractivity contribution in [2.75, 3.05) is 7.11 Å². The number of aromatic nitrogens is 3. The van der Waals surface area contributed by atoms with Crippen molar-refractivity contribution in [3.8, 4) is 0 Å². The van der Waals surface area contributed by atoms with Crippen LogP contribution in [0.4, 0.5) is 0 Å². The number of ether oxygens (including phenoxy) is 1. The van der Waals surface area contributed by atoms with E-state index >= 15 is 0 Å². The number of methoxy groups -OCH3 is 1. The fourth-order valence-corrected chi connectivity index (χ4v) is 3.42. The van der Waals surface area contributed by atoms with E-state index in [4.69, 9.17) is 14.2 Å². The molecule has 2 heterocycles. The van der Waals surface area contributed by atoms with Crippen LogP contribution in [0.25, 0.3) is 0 Å². The van der Waals surface area contributed by atoms with Crippen molar-refractivity contribution < 1.29 is 9.26 Å². The maximum absolute atomic E-state index is 5.74. The maximum Gasteiger partial charge on any atom is 0.239 e. The second-order valence-electron chi connectivity index (χ2n) is 6.13. The molecule has 2 aromatic heterocycles. The van der Waals surface area contributed by atoms with Gasteiger partial charge < -0.3 is 9.26 Å². The molecule has 0 amide bonds. The molecule has 2 saturated carbocycles. The zero-order valence-corrected chi connectivity index (χ0v) is 12.2. The standard InChI is InChI=1S/C16H19N3O2/c1-20-16(7-3-4-8-16)13-18-14(21-19-13)15(9-10-15)12-6-2-5-11-17-12/h2,5-6,11H,3-4,7-10H2,1H3. The number of hydrogen-bond donors (Lipinski definition) is 0. The van der Waals surface area contributed by atoms with Crippen LogP contribution in [0, 0.1) is 0 Å². The highest BCUT2D eigenvalue weighted by Gasteiger charge is 2.53. The minimum absolute atomic E-state index is 0.167. The lowest BCUT2D eigenvalue weighted by molar-refractivity contribution is -0.0178. The van der Waals surface area contributed by atoms with E-state index < -0.39 is 0 Å². The first-order chi connectivity index (χ1) is 10.3. The van der Waals surface area contributed by atoms with E-state index in [0.29, 0.717) is 11.7 Å². The van der Waals surface area contributed by atoms with Crippen molar-refractivity contribution in [1.29, 1.82) is 0 Å². The summed E-state index contributed by atoms with van der Waals surface area (Å²) in [4.78, 5) is 9.18. The highest BCUT2D eigenvalue weighted by molar-refractivity contribution is 5.33. The van der Waals surface area contributed by atoms with Crippen molar-refractivity contribution >= 4 is 0 Å². The zero-order chi connectivity index (χ0) is 14.3. The van der Waals surface area contributed by atoms with Crippen LogP contribution in [0.3, 0.4) is 0 Å². The molecule has 2 aliphatic rings. The van der Waals surface area contributed by atoms with E-state index in [2.05, 4.69) is 10.1 Å². The number of rotatable bonds is 4. The fraction of sp³-hybridized carbons (Fsp3) is 0.562. The molecule has 0 N–H and O–H groups in total. The van der Waals surface area contributed by atoms with Crippen LogP contribution in [-0.4, -0.2) is 22.2 Å². The highest BCUT2D eigenvalue weighted by atomic mass is 16.5. The number of hydrogen-bond acceptors (Lipinski definition) is 5. The molecular formula is C16H19N3O2. The predicted octanol–water partition coefficient (Wildman–Crippen LogP) is 2.96. The van der Waals surface area contributed by atoms with Gasteiger partial charge >= 0.3 is 0 Å². The van der Waals surface area contributed by atoms with Gasteiger partial charge in [-0.15, -0.1) is 0 Å². The van der Waals surface area contributed by atoms with Gasteiger partial charge in [0.2, 0.25) is 11.7 Å². The van der Waals surface area contributed by atoms with Gasteiger partial charge in [-0.25, -0.2) is 0 Å². The minimum atomic E-state index is -0.345. The Morgan fingerprint density at radius 1 is 1.14 bits per heavy atom. The number of pyridine rings is 1. The topological polar surface area (TPSA) is 61.0 Å². The van der Waals surface area contributed by atoms with E-state index in [1.165, 1.54) is 0 Å². The molecule has 0 atom stereocenters. The Labute approximate surface area is 123 Å². The lowest BCUT2D eigenvalue weighted by Crippen LogP contribution is -2.26. The number of nitrogens with zero attached hydrogens (tertiary/aromatic N) is 3. The van der Waals surface area contributed by atoms with Crippen LogP contribution >= 0.6 is 0 Å². The summed E-state index contributed by atoms with van der Waals surface area (Å²) in [5, 5.41) is 4.23. The molecular weight excluding hydrogens is 266 g/mol. The summed E-state index contributed by atoms with van der Waals surface area (Å²) >= 11 is 0. The van der Waals surface area contributed by atoms with E-state index in [0.717, 1.165) is 44.2 Å². The molecule has 5 heteroatoms. The molecule has 0 bridgehead atoms. The Balaban J connectivity index is 1.69. The van der Waals surface area contributed by atoms with Crippen LogP contribution in [0.15, 0.2) is 28.9 Å². The Bertz CT molecular complexity index is 628. The van der Waals surface area contributed by atoms with Crippen molar-refractivity contribution in [3.63, 3.8) is 0 Å². The molecule has 110 valence electrons. The third kappa shape index (κ3) is 1.91. The van der Waals surface area contributed by atoms with E-state index in [9.17, 15) is 0 Å². The summed E-state index contributed by atoms with van der Waals surface area (Å²) in [6.45, 7) is 0. The molecule has 0 aromatic carbocycles. The van der Waals surface area contributed by atoms with Gasteiger partial charge in [0.05, 0.1) is 11.1 Å². The monoisotopic (exact) mass is 285 g/mol. The van der Waals surface area contributed by atoms with Gasteiger partial charge in [0, 0.05) is 13.3 Å². The molecule has 21 heavy (non-hydrogen) atoms. The van der Waals surface area contributed by atoms with Gasteiger partial charge in [-0.05, 0) is 50.7 Å². The van der Waals surface area contributed by atoms with Crippen molar-refractivity contribution in [2.24, 2.45) is 0 Å². The molecule has 0 unspecified atom stereocenters. The fourth-order valence-electron chi connectivity index (χ4n) is 3.42. The van der Waals surface area contributed by atoms with Crippen LogP contribution in [-0.2, 0) is 15.8 Å². The normalized spacial score (nSPS) is 22.3. The minimum Gasteiger partial charge on any atom is -0.370 e. The zero-order valence-electron chi connectivity index (χ0n) is 12.2. The molecule has 0 spiro atoms. The van der Waals surface area contributed by atoms with Crippen molar-refractivity contribution in [1.82, 2.24) is 15.1 Å². The van der Waals surface area contributed by atoms with Crippen LogP contribution in [0.2, 0.25) is 0 Å². The van der Waals surface area contributed by atoms with E-state index in [1.807, 2.05) is 24.4 Å².